The molecule has 0 saturated carbocycles. The largest absolute Gasteiger partial charge is 0.469 e. The molecule has 2 heterocycles. The summed E-state index contributed by atoms with van der Waals surface area (Å²) in [4.78, 5) is 4.75. The zero-order chi connectivity index (χ0) is 13.9. The molecule has 0 aliphatic heterocycles. The van der Waals surface area contributed by atoms with Crippen molar-refractivity contribution in [3.8, 4) is 0 Å². The highest BCUT2D eigenvalue weighted by Gasteiger charge is 2.09. The molecule has 0 spiro atoms. The summed E-state index contributed by atoms with van der Waals surface area (Å²) in [5.74, 6) is 2.10. The summed E-state index contributed by atoms with van der Waals surface area (Å²) in [6, 6.07) is 10.4. The number of imidazole rings is 1. The van der Waals surface area contributed by atoms with E-state index in [0.717, 1.165) is 36.5 Å². The highest BCUT2D eigenvalue weighted by Crippen LogP contribution is 2.18. The number of furan rings is 1. The summed E-state index contributed by atoms with van der Waals surface area (Å²) in [7, 11) is 4.03. The first-order valence-electron chi connectivity index (χ1n) is 6.89. The minimum absolute atomic E-state index is 0.869. The van der Waals surface area contributed by atoms with Gasteiger partial charge in [-0.3, -0.25) is 0 Å². The van der Waals surface area contributed by atoms with Gasteiger partial charge in [0.15, 0.2) is 0 Å². The van der Waals surface area contributed by atoms with Crippen LogP contribution in [0, 0.1) is 0 Å². The van der Waals surface area contributed by atoms with Crippen molar-refractivity contribution in [1.82, 2.24) is 14.9 Å². The maximum Gasteiger partial charge on any atom is 0.110 e. The second-order valence-corrected chi connectivity index (χ2v) is 5.02. The zero-order valence-corrected chi connectivity index (χ0v) is 11.9. The molecule has 2 aromatic heterocycles. The molecule has 0 fully saturated rings. The van der Waals surface area contributed by atoms with Crippen LogP contribution in [0.25, 0.3) is 11.0 Å². The first-order valence-corrected chi connectivity index (χ1v) is 6.89. The number of benzene rings is 1. The lowest BCUT2D eigenvalue weighted by Gasteiger charge is -2.02. The SMILES string of the molecule is CNCc1ccc2c(c1)nc(CCc1ccco1)n2C. The lowest BCUT2D eigenvalue weighted by Crippen LogP contribution is -2.04. The first-order chi connectivity index (χ1) is 9.78. The van der Waals surface area contributed by atoms with Crippen molar-refractivity contribution < 1.29 is 4.42 Å². The summed E-state index contributed by atoms with van der Waals surface area (Å²) in [6.45, 7) is 0.869. The second-order valence-electron chi connectivity index (χ2n) is 5.02. The molecule has 3 aromatic rings. The molecule has 4 nitrogen and oxygen atoms in total. The molecule has 1 aromatic carbocycles. The Morgan fingerprint density at radius 1 is 1.25 bits per heavy atom. The van der Waals surface area contributed by atoms with Crippen LogP contribution in [0.4, 0.5) is 0 Å². The first kappa shape index (κ1) is 12.9. The summed E-state index contributed by atoms with van der Waals surface area (Å²) in [5, 5.41) is 3.17. The fourth-order valence-corrected chi connectivity index (χ4v) is 2.52. The van der Waals surface area contributed by atoms with E-state index in [1.54, 1.807) is 6.26 Å². The topological polar surface area (TPSA) is 43.0 Å². The van der Waals surface area contributed by atoms with E-state index in [0.29, 0.717) is 0 Å². The fraction of sp³-hybridized carbons (Fsp3) is 0.312. The molecule has 0 aliphatic carbocycles. The van der Waals surface area contributed by atoms with Crippen molar-refractivity contribution >= 4 is 11.0 Å². The Bertz CT molecular complexity index is 698. The predicted molar refractivity (Wildman–Crippen MR) is 79.6 cm³/mol. The Labute approximate surface area is 118 Å². The smallest absolute Gasteiger partial charge is 0.110 e. The maximum atomic E-state index is 5.37. The van der Waals surface area contributed by atoms with Crippen LogP contribution in [0.1, 0.15) is 17.1 Å². The van der Waals surface area contributed by atoms with E-state index in [-0.39, 0.29) is 0 Å². The van der Waals surface area contributed by atoms with Crippen LogP contribution in [0.3, 0.4) is 0 Å². The molecule has 0 aliphatic rings. The number of hydrogen-bond acceptors (Lipinski definition) is 3. The van der Waals surface area contributed by atoms with Gasteiger partial charge in [0.1, 0.15) is 11.6 Å². The number of aromatic nitrogens is 2. The normalized spacial score (nSPS) is 11.3. The van der Waals surface area contributed by atoms with Gasteiger partial charge in [0.2, 0.25) is 0 Å². The average Bonchev–Trinajstić information content (AvgIpc) is 3.06. The van der Waals surface area contributed by atoms with Crippen molar-refractivity contribution in [2.75, 3.05) is 7.05 Å². The molecule has 0 amide bonds. The molecule has 0 saturated heterocycles. The van der Waals surface area contributed by atoms with Gasteiger partial charge in [-0.2, -0.15) is 0 Å². The molecule has 4 heteroatoms. The van der Waals surface area contributed by atoms with E-state index in [9.17, 15) is 0 Å². The van der Waals surface area contributed by atoms with Crippen LogP contribution in [-0.2, 0) is 26.4 Å². The molecule has 0 radical (unpaired) electrons. The lowest BCUT2D eigenvalue weighted by molar-refractivity contribution is 0.505. The summed E-state index contributed by atoms with van der Waals surface area (Å²) < 4.78 is 7.54. The van der Waals surface area contributed by atoms with Crippen LogP contribution in [0.15, 0.2) is 41.0 Å². The number of hydrogen-bond donors (Lipinski definition) is 1. The number of fused-ring (bicyclic) bond motifs is 1. The molecule has 3 rings (SSSR count). The highest BCUT2D eigenvalue weighted by molar-refractivity contribution is 5.76. The number of nitrogens with zero attached hydrogens (tertiary/aromatic N) is 2. The monoisotopic (exact) mass is 269 g/mol. The molecule has 0 unspecified atom stereocenters. The van der Waals surface area contributed by atoms with Crippen molar-refractivity contribution in [3.05, 3.63) is 53.7 Å². The van der Waals surface area contributed by atoms with Crippen molar-refractivity contribution in [3.63, 3.8) is 0 Å². The minimum atomic E-state index is 0.869. The molecule has 104 valence electrons. The summed E-state index contributed by atoms with van der Waals surface area (Å²) in [5.41, 5.74) is 3.50. The summed E-state index contributed by atoms with van der Waals surface area (Å²) >= 11 is 0. The molecular formula is C16H19N3O. The molecule has 1 N–H and O–H groups in total. The van der Waals surface area contributed by atoms with Gasteiger partial charge >= 0.3 is 0 Å². The zero-order valence-electron chi connectivity index (χ0n) is 11.9. The number of nitrogens with one attached hydrogen (secondary N) is 1. The van der Waals surface area contributed by atoms with E-state index in [1.165, 1.54) is 11.1 Å². The fourth-order valence-electron chi connectivity index (χ4n) is 2.52. The van der Waals surface area contributed by atoms with Gasteiger partial charge < -0.3 is 14.3 Å². The quantitative estimate of drug-likeness (QED) is 0.774. The Kier molecular flexibility index (Phi) is 3.56. The average molecular weight is 269 g/mol. The molecule has 0 atom stereocenters. The number of rotatable bonds is 5. The Morgan fingerprint density at radius 3 is 2.90 bits per heavy atom. The van der Waals surface area contributed by atoms with Crippen LogP contribution in [-0.4, -0.2) is 16.6 Å². The van der Waals surface area contributed by atoms with Crippen LogP contribution < -0.4 is 5.32 Å². The van der Waals surface area contributed by atoms with E-state index in [4.69, 9.17) is 9.40 Å². The van der Waals surface area contributed by atoms with E-state index < -0.39 is 0 Å². The molecule has 0 bridgehead atoms. The van der Waals surface area contributed by atoms with Gasteiger partial charge in [-0.05, 0) is 36.9 Å². The second kappa shape index (κ2) is 5.51. The standard InChI is InChI=1S/C16H19N3O/c1-17-11-12-5-7-15-14(10-12)18-16(19(15)2)8-6-13-4-3-9-20-13/h3-5,7,9-10,17H,6,8,11H2,1-2H3. The van der Waals surface area contributed by atoms with Gasteiger partial charge in [0, 0.05) is 26.4 Å². The van der Waals surface area contributed by atoms with Gasteiger partial charge in [0.05, 0.1) is 17.3 Å². The Hall–Kier alpha value is -2.07. The van der Waals surface area contributed by atoms with Crippen molar-refractivity contribution in [2.24, 2.45) is 7.05 Å². The maximum absolute atomic E-state index is 5.37. The van der Waals surface area contributed by atoms with Crippen molar-refractivity contribution in [2.45, 2.75) is 19.4 Å². The van der Waals surface area contributed by atoms with Crippen molar-refractivity contribution in [1.29, 1.82) is 0 Å². The minimum Gasteiger partial charge on any atom is -0.469 e. The summed E-state index contributed by atoms with van der Waals surface area (Å²) in [6.07, 6.45) is 3.49. The van der Waals surface area contributed by atoms with Crippen LogP contribution in [0.2, 0.25) is 0 Å². The van der Waals surface area contributed by atoms with E-state index in [1.807, 2.05) is 19.2 Å². The third-order valence-corrected chi connectivity index (χ3v) is 3.59. The van der Waals surface area contributed by atoms with Crippen LogP contribution in [0.5, 0.6) is 0 Å². The van der Waals surface area contributed by atoms with Gasteiger partial charge in [-0.1, -0.05) is 6.07 Å². The van der Waals surface area contributed by atoms with Gasteiger partial charge in [0.25, 0.3) is 0 Å². The van der Waals surface area contributed by atoms with E-state index in [2.05, 4.69) is 35.1 Å². The molecular weight excluding hydrogens is 250 g/mol. The Balaban J connectivity index is 1.85. The third-order valence-electron chi connectivity index (χ3n) is 3.59. The van der Waals surface area contributed by atoms with E-state index >= 15 is 0 Å². The third kappa shape index (κ3) is 2.47. The highest BCUT2D eigenvalue weighted by atomic mass is 16.3. The predicted octanol–water partition coefficient (Wildman–Crippen LogP) is 2.67. The Morgan fingerprint density at radius 2 is 2.15 bits per heavy atom. The van der Waals surface area contributed by atoms with Gasteiger partial charge in [-0.25, -0.2) is 4.98 Å². The lowest BCUT2D eigenvalue weighted by atomic mass is 10.2. The van der Waals surface area contributed by atoms with Crippen LogP contribution >= 0.6 is 0 Å². The van der Waals surface area contributed by atoms with Gasteiger partial charge in [-0.15, -0.1) is 0 Å². The number of aryl methyl sites for hydroxylation is 3. The molecule has 20 heavy (non-hydrogen) atoms.